The molecule has 0 atom stereocenters. The first-order chi connectivity index (χ1) is 7.72. The van der Waals surface area contributed by atoms with Gasteiger partial charge in [-0.1, -0.05) is 12.7 Å². The van der Waals surface area contributed by atoms with E-state index in [1.807, 2.05) is 13.0 Å². The maximum atomic E-state index is 11.7. The molecular formula is C13H15NO2. The lowest BCUT2D eigenvalue weighted by Crippen LogP contribution is -2.15. The number of hydrogen-bond donors (Lipinski definition) is 0. The number of Topliss-reactive ketones (excluding diaryl/α,β-unsaturated/α-hetero) is 1. The topological polar surface area (TPSA) is 39.2 Å². The van der Waals surface area contributed by atoms with E-state index in [-0.39, 0.29) is 5.78 Å². The Morgan fingerprint density at radius 3 is 3.12 bits per heavy atom. The third-order valence-corrected chi connectivity index (χ3v) is 2.66. The fraction of sp³-hybridized carbons (Fsp3) is 0.385. The second kappa shape index (κ2) is 4.47. The van der Waals surface area contributed by atoms with E-state index in [9.17, 15) is 4.79 Å². The Kier molecular flexibility index (Phi) is 3.04. The van der Waals surface area contributed by atoms with E-state index in [2.05, 4.69) is 11.6 Å². The number of aryl methyl sites for hydroxylation is 1. The van der Waals surface area contributed by atoms with Crippen molar-refractivity contribution in [2.24, 2.45) is 0 Å². The van der Waals surface area contributed by atoms with Crippen molar-refractivity contribution in [2.75, 3.05) is 6.61 Å². The number of rotatable bonds is 3. The molecule has 2 rings (SSSR count). The van der Waals surface area contributed by atoms with Gasteiger partial charge >= 0.3 is 0 Å². The van der Waals surface area contributed by atoms with Crippen LogP contribution >= 0.6 is 0 Å². The van der Waals surface area contributed by atoms with Crippen LogP contribution in [0, 0.1) is 6.92 Å². The zero-order valence-electron chi connectivity index (χ0n) is 9.45. The molecule has 1 aromatic heterocycles. The number of fused-ring (bicyclic) bond motifs is 1. The van der Waals surface area contributed by atoms with Gasteiger partial charge in [0.25, 0.3) is 0 Å². The van der Waals surface area contributed by atoms with Gasteiger partial charge in [0, 0.05) is 23.7 Å². The molecule has 0 bridgehead atoms. The molecule has 0 saturated carbocycles. The van der Waals surface area contributed by atoms with Crippen LogP contribution in [0.25, 0.3) is 0 Å². The smallest absolute Gasteiger partial charge is 0.181 e. The third kappa shape index (κ3) is 1.98. The minimum atomic E-state index is 0.133. The molecule has 1 aliphatic carbocycles. The number of hydrogen-bond acceptors (Lipinski definition) is 3. The van der Waals surface area contributed by atoms with Crippen molar-refractivity contribution >= 4 is 5.78 Å². The number of nitrogens with zero attached hydrogens (tertiary/aromatic N) is 1. The van der Waals surface area contributed by atoms with E-state index in [4.69, 9.17) is 4.74 Å². The van der Waals surface area contributed by atoms with E-state index >= 15 is 0 Å². The number of aromatic nitrogens is 1. The van der Waals surface area contributed by atoms with E-state index in [1.54, 1.807) is 6.08 Å². The zero-order valence-corrected chi connectivity index (χ0v) is 9.45. The molecule has 0 unspecified atom stereocenters. The van der Waals surface area contributed by atoms with Crippen LogP contribution in [0.1, 0.15) is 34.6 Å². The van der Waals surface area contributed by atoms with Gasteiger partial charge in [-0.2, -0.15) is 0 Å². The molecule has 3 heteroatoms. The van der Waals surface area contributed by atoms with E-state index in [0.717, 1.165) is 29.8 Å². The molecule has 0 aromatic carbocycles. The Labute approximate surface area is 95.2 Å². The van der Waals surface area contributed by atoms with Crippen molar-refractivity contribution in [3.8, 4) is 5.75 Å². The highest BCUT2D eigenvalue weighted by Gasteiger charge is 2.22. The molecule has 0 fully saturated rings. The molecule has 0 spiro atoms. The number of pyridine rings is 1. The second-order valence-electron chi connectivity index (χ2n) is 3.97. The first-order valence-electron chi connectivity index (χ1n) is 5.50. The van der Waals surface area contributed by atoms with Crippen LogP contribution in [0.4, 0.5) is 0 Å². The van der Waals surface area contributed by atoms with Crippen molar-refractivity contribution in [3.05, 3.63) is 35.7 Å². The van der Waals surface area contributed by atoms with Gasteiger partial charge in [-0.3, -0.25) is 4.79 Å². The predicted octanol–water partition coefficient (Wildman–Crippen LogP) is 2.47. The summed E-state index contributed by atoms with van der Waals surface area (Å²) in [6.07, 6.45) is 4.07. The summed E-state index contributed by atoms with van der Waals surface area (Å²) in [6, 6.07) is 1.89. The minimum absolute atomic E-state index is 0.133. The third-order valence-electron chi connectivity index (χ3n) is 2.66. The van der Waals surface area contributed by atoms with Gasteiger partial charge in [-0.15, -0.1) is 0 Å². The molecule has 1 aromatic rings. The lowest BCUT2D eigenvalue weighted by molar-refractivity contribution is 0.0966. The molecule has 0 amide bonds. The Hall–Kier alpha value is -1.64. The lowest BCUT2D eigenvalue weighted by Gasteiger charge is -2.18. The first-order valence-corrected chi connectivity index (χ1v) is 5.50. The van der Waals surface area contributed by atoms with Gasteiger partial charge < -0.3 is 4.74 Å². The fourth-order valence-electron chi connectivity index (χ4n) is 1.96. The highest BCUT2D eigenvalue weighted by atomic mass is 16.5. The van der Waals surface area contributed by atoms with Crippen LogP contribution in [0.5, 0.6) is 5.75 Å². The van der Waals surface area contributed by atoms with Crippen LogP contribution in [0.3, 0.4) is 0 Å². The normalized spacial score (nSPS) is 14.4. The van der Waals surface area contributed by atoms with Crippen molar-refractivity contribution in [1.82, 2.24) is 4.98 Å². The number of carbonyl (C=O) groups excluding carboxylic acids is 1. The highest BCUT2D eigenvalue weighted by molar-refractivity contribution is 5.97. The Balaban J connectivity index is 2.44. The minimum Gasteiger partial charge on any atom is -0.489 e. The molecule has 1 heterocycles. The van der Waals surface area contributed by atoms with Crippen molar-refractivity contribution < 1.29 is 9.53 Å². The molecule has 16 heavy (non-hydrogen) atoms. The van der Waals surface area contributed by atoms with Gasteiger partial charge in [-0.25, -0.2) is 4.98 Å². The standard InChI is InChI=1S/C13H15NO2/c1-3-7-16-12-8-9(2)14-13-10(12)5-4-6-11(13)15/h3,8H,1,4-7H2,2H3. The van der Waals surface area contributed by atoms with Crippen molar-refractivity contribution in [3.63, 3.8) is 0 Å². The number of ketones is 1. The average molecular weight is 217 g/mol. The molecule has 0 aliphatic heterocycles. The van der Waals surface area contributed by atoms with E-state index in [1.165, 1.54) is 0 Å². The summed E-state index contributed by atoms with van der Waals surface area (Å²) in [5.41, 5.74) is 2.39. The van der Waals surface area contributed by atoms with Crippen LogP contribution in [-0.4, -0.2) is 17.4 Å². The van der Waals surface area contributed by atoms with Crippen LogP contribution in [0.15, 0.2) is 18.7 Å². The highest BCUT2D eigenvalue weighted by Crippen LogP contribution is 2.29. The molecule has 0 N–H and O–H groups in total. The van der Waals surface area contributed by atoms with Gasteiger partial charge in [0.1, 0.15) is 18.1 Å². The molecule has 0 saturated heterocycles. The summed E-state index contributed by atoms with van der Waals surface area (Å²) in [4.78, 5) is 16.0. The first kappa shape index (κ1) is 10.9. The average Bonchev–Trinajstić information content (AvgIpc) is 2.27. The van der Waals surface area contributed by atoms with Crippen LogP contribution < -0.4 is 4.74 Å². The van der Waals surface area contributed by atoms with Crippen LogP contribution in [0.2, 0.25) is 0 Å². The van der Waals surface area contributed by atoms with Gasteiger partial charge in [0.15, 0.2) is 5.78 Å². The maximum absolute atomic E-state index is 11.7. The zero-order chi connectivity index (χ0) is 11.5. The predicted molar refractivity (Wildman–Crippen MR) is 61.9 cm³/mol. The summed E-state index contributed by atoms with van der Waals surface area (Å²) in [6.45, 7) is 5.96. The summed E-state index contributed by atoms with van der Waals surface area (Å²) >= 11 is 0. The summed E-state index contributed by atoms with van der Waals surface area (Å²) in [5.74, 6) is 0.920. The second-order valence-corrected chi connectivity index (χ2v) is 3.97. The monoisotopic (exact) mass is 217 g/mol. The van der Waals surface area contributed by atoms with Gasteiger partial charge in [0.2, 0.25) is 0 Å². The Morgan fingerprint density at radius 1 is 1.56 bits per heavy atom. The molecule has 84 valence electrons. The molecule has 0 radical (unpaired) electrons. The lowest BCUT2D eigenvalue weighted by atomic mass is 9.94. The largest absolute Gasteiger partial charge is 0.489 e. The van der Waals surface area contributed by atoms with E-state index < -0.39 is 0 Å². The molecule has 3 nitrogen and oxygen atoms in total. The summed E-state index contributed by atoms with van der Waals surface area (Å²) in [7, 11) is 0. The SMILES string of the molecule is C=CCOc1cc(C)nc2c1CCCC2=O. The van der Waals surface area contributed by atoms with Crippen molar-refractivity contribution in [1.29, 1.82) is 0 Å². The van der Waals surface area contributed by atoms with Crippen LogP contribution in [-0.2, 0) is 6.42 Å². The maximum Gasteiger partial charge on any atom is 0.181 e. The fourth-order valence-corrected chi connectivity index (χ4v) is 1.96. The molecular weight excluding hydrogens is 202 g/mol. The number of ether oxygens (including phenoxy) is 1. The Morgan fingerprint density at radius 2 is 2.38 bits per heavy atom. The van der Waals surface area contributed by atoms with Crippen molar-refractivity contribution in [2.45, 2.75) is 26.2 Å². The van der Waals surface area contributed by atoms with Gasteiger partial charge in [-0.05, 0) is 19.8 Å². The molecule has 1 aliphatic rings. The summed E-state index contributed by atoms with van der Waals surface area (Å²) in [5, 5.41) is 0. The van der Waals surface area contributed by atoms with Gasteiger partial charge in [0.05, 0.1) is 0 Å². The Bertz CT molecular complexity index is 438. The van der Waals surface area contributed by atoms with E-state index in [0.29, 0.717) is 18.7 Å². The quantitative estimate of drug-likeness (QED) is 0.730. The summed E-state index contributed by atoms with van der Waals surface area (Å²) < 4.78 is 5.57. The number of carbonyl (C=O) groups is 1.